The lowest BCUT2D eigenvalue weighted by atomic mass is 9.82. The lowest BCUT2D eigenvalue weighted by Gasteiger charge is -2.38. The molecular formula is C10H11BrN2O2S. The van der Waals surface area contributed by atoms with Gasteiger partial charge in [-0.3, -0.25) is 5.32 Å². The lowest BCUT2D eigenvalue weighted by molar-refractivity contribution is -0.0208. The Hall–Kier alpha value is -0.620. The van der Waals surface area contributed by atoms with Crippen LogP contribution in [0.15, 0.2) is 3.92 Å². The van der Waals surface area contributed by atoms with E-state index in [0.29, 0.717) is 0 Å². The van der Waals surface area contributed by atoms with Crippen LogP contribution in [-0.4, -0.2) is 11.1 Å². The average molecular weight is 303 g/mol. The lowest BCUT2D eigenvalue weighted by Crippen LogP contribution is -2.40. The number of hydrogen-bond donors (Lipinski definition) is 1. The first-order chi connectivity index (χ1) is 7.70. The normalized spacial score (nSPS) is 22.4. The van der Waals surface area contributed by atoms with Gasteiger partial charge in [-0.2, -0.15) is 0 Å². The largest absolute Gasteiger partial charge is 0.436 e. The summed E-state index contributed by atoms with van der Waals surface area (Å²) >= 11 is 4.82. The Bertz CT molecular complexity index is 440. The summed E-state index contributed by atoms with van der Waals surface area (Å²) in [5.74, 6) is 0. The molecule has 1 aromatic heterocycles. The van der Waals surface area contributed by atoms with Crippen molar-refractivity contribution in [1.82, 2.24) is 4.98 Å². The highest BCUT2D eigenvalue weighted by molar-refractivity contribution is 9.11. The second-order valence-corrected chi connectivity index (χ2v) is 6.49. The quantitative estimate of drug-likeness (QED) is 0.796. The van der Waals surface area contributed by atoms with Crippen molar-refractivity contribution in [3.05, 3.63) is 9.61 Å². The molecule has 0 aromatic carbocycles. The van der Waals surface area contributed by atoms with Crippen molar-refractivity contribution in [3.63, 3.8) is 0 Å². The minimum Gasteiger partial charge on any atom is -0.436 e. The molecule has 1 amide bonds. The Kier molecular flexibility index (Phi) is 2.43. The highest BCUT2D eigenvalue weighted by Crippen LogP contribution is 2.48. The van der Waals surface area contributed by atoms with E-state index in [-0.39, 0.29) is 6.09 Å². The highest BCUT2D eigenvalue weighted by Gasteiger charge is 2.45. The van der Waals surface area contributed by atoms with Gasteiger partial charge in [0.1, 0.15) is 10.7 Å². The molecule has 16 heavy (non-hydrogen) atoms. The monoisotopic (exact) mass is 302 g/mol. The van der Waals surface area contributed by atoms with Crippen molar-refractivity contribution in [2.75, 3.05) is 5.32 Å². The average Bonchev–Trinajstić information content (AvgIpc) is 2.60. The Balaban J connectivity index is 2.08. The summed E-state index contributed by atoms with van der Waals surface area (Å²) < 4.78 is 6.33. The van der Waals surface area contributed by atoms with Gasteiger partial charge in [-0.15, -0.1) is 0 Å². The number of carbonyl (C=O) groups is 1. The van der Waals surface area contributed by atoms with Gasteiger partial charge in [0.05, 0.1) is 0 Å². The molecule has 86 valence electrons. The number of fused-ring (bicyclic) bond motifs is 2. The number of halogens is 1. The fourth-order valence-electron chi connectivity index (χ4n) is 2.49. The summed E-state index contributed by atoms with van der Waals surface area (Å²) in [6.45, 7) is 0. The summed E-state index contributed by atoms with van der Waals surface area (Å²) in [6.07, 6.45) is 4.86. The van der Waals surface area contributed by atoms with E-state index < -0.39 is 5.60 Å². The number of nitrogens with zero attached hydrogens (tertiary/aromatic N) is 1. The van der Waals surface area contributed by atoms with Crippen LogP contribution in [0.25, 0.3) is 0 Å². The van der Waals surface area contributed by atoms with Crippen LogP contribution in [0, 0.1) is 0 Å². The molecule has 1 aliphatic heterocycles. The van der Waals surface area contributed by atoms with Crippen LogP contribution in [0.4, 0.5) is 9.80 Å². The number of aromatic nitrogens is 1. The summed E-state index contributed by atoms with van der Waals surface area (Å²) in [5.41, 5.74) is 0.446. The Labute approximate surface area is 106 Å². The zero-order valence-corrected chi connectivity index (χ0v) is 11.0. The first kappa shape index (κ1) is 10.5. The van der Waals surface area contributed by atoms with E-state index in [2.05, 4.69) is 26.2 Å². The van der Waals surface area contributed by atoms with Crippen LogP contribution in [-0.2, 0) is 10.3 Å². The van der Waals surface area contributed by atoms with Crippen molar-refractivity contribution in [1.29, 1.82) is 0 Å². The summed E-state index contributed by atoms with van der Waals surface area (Å²) in [4.78, 5) is 16.0. The first-order valence-corrected chi connectivity index (χ1v) is 6.97. The van der Waals surface area contributed by atoms with Gasteiger partial charge >= 0.3 is 6.09 Å². The van der Waals surface area contributed by atoms with Crippen molar-refractivity contribution in [2.24, 2.45) is 0 Å². The van der Waals surface area contributed by atoms with Gasteiger partial charge in [-0.1, -0.05) is 17.8 Å². The zero-order chi connectivity index (χ0) is 11.2. The van der Waals surface area contributed by atoms with E-state index in [1.165, 1.54) is 17.8 Å². The van der Waals surface area contributed by atoms with E-state index in [9.17, 15) is 4.79 Å². The number of ether oxygens (including phenoxy) is 1. The van der Waals surface area contributed by atoms with E-state index in [1.54, 1.807) is 0 Å². The number of nitrogens with one attached hydrogen (secondary N) is 1. The maximum Gasteiger partial charge on any atom is 0.413 e. The maximum absolute atomic E-state index is 11.5. The molecule has 1 spiro atoms. The summed E-state index contributed by atoms with van der Waals surface area (Å²) in [7, 11) is 0. The van der Waals surface area contributed by atoms with Crippen LogP contribution in [0.2, 0.25) is 0 Å². The minimum absolute atomic E-state index is 0.342. The molecule has 1 fully saturated rings. The topological polar surface area (TPSA) is 51.2 Å². The third-order valence-electron chi connectivity index (χ3n) is 3.20. The summed E-state index contributed by atoms with van der Waals surface area (Å²) in [5, 5.41) is 3.56. The predicted molar refractivity (Wildman–Crippen MR) is 64.7 cm³/mol. The third-order valence-corrected chi connectivity index (χ3v) is 4.62. The molecule has 1 saturated carbocycles. The first-order valence-electron chi connectivity index (χ1n) is 5.36. The second-order valence-electron chi connectivity index (χ2n) is 4.21. The molecule has 6 heteroatoms. The van der Waals surface area contributed by atoms with Gasteiger partial charge in [-0.05, 0) is 41.6 Å². The molecule has 0 radical (unpaired) electrons. The number of amides is 1. The number of anilines is 1. The molecule has 4 nitrogen and oxygen atoms in total. The van der Waals surface area contributed by atoms with Crippen LogP contribution >= 0.6 is 27.3 Å². The molecule has 1 aliphatic carbocycles. The Morgan fingerprint density at radius 1 is 1.38 bits per heavy atom. The van der Waals surface area contributed by atoms with Crippen LogP contribution < -0.4 is 5.32 Å². The van der Waals surface area contributed by atoms with Gasteiger partial charge in [0.25, 0.3) is 0 Å². The predicted octanol–water partition coefficient (Wildman–Crippen LogP) is 3.63. The summed E-state index contributed by atoms with van der Waals surface area (Å²) in [6, 6.07) is 0. The van der Waals surface area contributed by atoms with Crippen LogP contribution in [0.1, 0.15) is 37.8 Å². The van der Waals surface area contributed by atoms with Gasteiger partial charge in [0, 0.05) is 0 Å². The van der Waals surface area contributed by atoms with Gasteiger partial charge in [0.15, 0.2) is 9.52 Å². The molecule has 0 saturated heterocycles. The van der Waals surface area contributed by atoms with Crippen molar-refractivity contribution in [2.45, 2.75) is 37.7 Å². The SMILES string of the molecule is O=C1Nc2sc(Br)nc2C2(CCCCC2)O1. The fourth-order valence-corrected chi connectivity index (χ4v) is 3.92. The zero-order valence-electron chi connectivity index (χ0n) is 8.59. The molecule has 0 bridgehead atoms. The molecule has 1 N–H and O–H groups in total. The van der Waals surface area contributed by atoms with E-state index in [4.69, 9.17) is 4.74 Å². The van der Waals surface area contributed by atoms with E-state index in [0.717, 1.165) is 40.3 Å². The Morgan fingerprint density at radius 2 is 2.12 bits per heavy atom. The second kappa shape index (κ2) is 3.70. The van der Waals surface area contributed by atoms with E-state index in [1.807, 2.05) is 0 Å². The Morgan fingerprint density at radius 3 is 2.88 bits per heavy atom. The van der Waals surface area contributed by atoms with Crippen molar-refractivity contribution >= 4 is 38.4 Å². The number of thiazole rings is 1. The molecule has 2 aliphatic rings. The molecule has 2 heterocycles. The molecule has 1 aromatic rings. The fraction of sp³-hybridized carbons (Fsp3) is 0.600. The van der Waals surface area contributed by atoms with Crippen molar-refractivity contribution in [3.8, 4) is 0 Å². The molecule has 0 unspecified atom stereocenters. The number of hydrogen-bond acceptors (Lipinski definition) is 4. The van der Waals surface area contributed by atoms with Crippen LogP contribution in [0.3, 0.4) is 0 Å². The highest BCUT2D eigenvalue weighted by atomic mass is 79.9. The minimum atomic E-state index is -0.460. The molecule has 3 rings (SSSR count). The molecule has 0 atom stereocenters. The maximum atomic E-state index is 11.5. The number of rotatable bonds is 0. The van der Waals surface area contributed by atoms with Gasteiger partial charge < -0.3 is 4.74 Å². The molecular weight excluding hydrogens is 292 g/mol. The standard InChI is InChI=1S/C10H11BrN2O2S/c11-8-12-6-7(16-8)13-9(14)15-10(6)4-2-1-3-5-10/h1-5H2,(H,13,14). The van der Waals surface area contributed by atoms with Gasteiger partial charge in [-0.25, -0.2) is 9.78 Å². The van der Waals surface area contributed by atoms with Crippen LogP contribution in [0.5, 0.6) is 0 Å². The smallest absolute Gasteiger partial charge is 0.413 e. The van der Waals surface area contributed by atoms with Crippen molar-refractivity contribution < 1.29 is 9.53 Å². The third kappa shape index (κ3) is 1.55. The van der Waals surface area contributed by atoms with Gasteiger partial charge in [0.2, 0.25) is 0 Å². The number of carbonyl (C=O) groups excluding carboxylic acids is 1. The van der Waals surface area contributed by atoms with E-state index >= 15 is 0 Å².